The number of benzene rings is 2. The lowest BCUT2D eigenvalue weighted by molar-refractivity contribution is 0.0315. The molecular formula is C19H20N2O2S. The van der Waals surface area contributed by atoms with Crippen molar-refractivity contribution in [3.63, 3.8) is 0 Å². The Labute approximate surface area is 144 Å². The van der Waals surface area contributed by atoms with Gasteiger partial charge in [0.05, 0.1) is 17.0 Å². The van der Waals surface area contributed by atoms with E-state index in [1.807, 2.05) is 30.3 Å². The molecule has 1 aliphatic rings. The molecule has 1 fully saturated rings. The maximum absolute atomic E-state index is 12.7. The number of nitrogens with zero attached hydrogens (tertiary/aromatic N) is 2. The second-order valence-electron chi connectivity index (χ2n) is 6.27. The summed E-state index contributed by atoms with van der Waals surface area (Å²) in [5, 5.41) is 3.61. The molecule has 0 aliphatic carbocycles. The number of aromatic nitrogens is 2. The van der Waals surface area contributed by atoms with Crippen LogP contribution in [-0.2, 0) is 11.8 Å². The summed E-state index contributed by atoms with van der Waals surface area (Å²) in [6, 6.07) is 12.0. The molecule has 3 aromatic rings. The summed E-state index contributed by atoms with van der Waals surface area (Å²) < 4.78 is 7.44. The van der Waals surface area contributed by atoms with Crippen molar-refractivity contribution in [1.82, 2.24) is 9.55 Å². The number of rotatable bonds is 3. The summed E-state index contributed by atoms with van der Waals surface area (Å²) in [5.41, 5.74) is 0.779. The maximum atomic E-state index is 12.7. The third-order valence-electron chi connectivity index (χ3n) is 4.57. The summed E-state index contributed by atoms with van der Waals surface area (Å²) in [6.45, 7) is 0.849. The number of thioether (sulfide) groups is 1. The lowest BCUT2D eigenvalue weighted by atomic mass is 10.1. The normalized spacial score (nSPS) is 18.3. The van der Waals surface area contributed by atoms with Crippen LogP contribution in [0.3, 0.4) is 0 Å². The van der Waals surface area contributed by atoms with Crippen LogP contribution in [0.15, 0.2) is 46.3 Å². The highest BCUT2D eigenvalue weighted by atomic mass is 32.2. The fourth-order valence-electron chi connectivity index (χ4n) is 3.17. The van der Waals surface area contributed by atoms with Crippen molar-refractivity contribution in [2.24, 2.45) is 7.05 Å². The van der Waals surface area contributed by atoms with Crippen molar-refractivity contribution in [2.45, 2.75) is 30.5 Å². The Morgan fingerprint density at radius 2 is 2.04 bits per heavy atom. The number of fused-ring (bicyclic) bond motifs is 2. The highest BCUT2D eigenvalue weighted by Gasteiger charge is 2.16. The highest BCUT2D eigenvalue weighted by Crippen LogP contribution is 2.24. The fourth-order valence-corrected chi connectivity index (χ4v) is 4.21. The first-order valence-corrected chi connectivity index (χ1v) is 9.35. The zero-order valence-electron chi connectivity index (χ0n) is 13.7. The monoisotopic (exact) mass is 340 g/mol. The topological polar surface area (TPSA) is 44.1 Å². The molecule has 1 aliphatic heterocycles. The zero-order valence-corrected chi connectivity index (χ0v) is 14.5. The molecule has 0 bridgehead atoms. The summed E-state index contributed by atoms with van der Waals surface area (Å²) >= 11 is 1.61. The van der Waals surface area contributed by atoms with Crippen LogP contribution >= 0.6 is 11.8 Å². The molecule has 0 spiro atoms. The molecule has 0 unspecified atom stereocenters. The Morgan fingerprint density at radius 3 is 2.79 bits per heavy atom. The van der Waals surface area contributed by atoms with Crippen LogP contribution in [0.25, 0.3) is 21.7 Å². The van der Waals surface area contributed by atoms with Gasteiger partial charge >= 0.3 is 0 Å². The van der Waals surface area contributed by atoms with E-state index in [4.69, 9.17) is 9.72 Å². The molecule has 4 rings (SSSR count). The van der Waals surface area contributed by atoms with Gasteiger partial charge in [0.15, 0.2) is 5.16 Å². The van der Waals surface area contributed by atoms with Gasteiger partial charge in [0, 0.05) is 19.4 Å². The summed E-state index contributed by atoms with van der Waals surface area (Å²) in [4.78, 5) is 17.5. The van der Waals surface area contributed by atoms with E-state index in [1.54, 1.807) is 23.4 Å². The van der Waals surface area contributed by atoms with Crippen LogP contribution in [0.2, 0.25) is 0 Å². The van der Waals surface area contributed by atoms with Crippen LogP contribution in [-0.4, -0.2) is 28.0 Å². The van der Waals surface area contributed by atoms with E-state index in [2.05, 4.69) is 6.07 Å². The largest absolute Gasteiger partial charge is 0.377 e. The van der Waals surface area contributed by atoms with Crippen molar-refractivity contribution < 1.29 is 4.74 Å². The molecule has 0 radical (unpaired) electrons. The van der Waals surface area contributed by atoms with E-state index in [-0.39, 0.29) is 11.7 Å². The third kappa shape index (κ3) is 2.94. The van der Waals surface area contributed by atoms with Gasteiger partial charge in [-0.3, -0.25) is 9.36 Å². The lowest BCUT2D eigenvalue weighted by Gasteiger charge is -2.22. The number of hydrogen-bond donors (Lipinski definition) is 0. The molecular weight excluding hydrogens is 320 g/mol. The quantitative estimate of drug-likeness (QED) is 0.414. The smallest absolute Gasteiger partial charge is 0.261 e. The van der Waals surface area contributed by atoms with E-state index in [9.17, 15) is 4.79 Å². The maximum Gasteiger partial charge on any atom is 0.261 e. The number of hydrogen-bond acceptors (Lipinski definition) is 4. The molecule has 0 N–H and O–H groups in total. The van der Waals surface area contributed by atoms with Crippen molar-refractivity contribution >= 4 is 33.4 Å². The minimum Gasteiger partial charge on any atom is -0.377 e. The van der Waals surface area contributed by atoms with Gasteiger partial charge in [0.25, 0.3) is 5.56 Å². The Hall–Kier alpha value is -1.85. The van der Waals surface area contributed by atoms with Gasteiger partial charge in [-0.15, -0.1) is 0 Å². The molecule has 2 heterocycles. The first-order chi connectivity index (χ1) is 11.7. The minimum absolute atomic E-state index is 0.0119. The van der Waals surface area contributed by atoms with E-state index in [0.717, 1.165) is 46.6 Å². The van der Waals surface area contributed by atoms with Crippen LogP contribution in [0.4, 0.5) is 0 Å². The molecule has 1 aromatic heterocycles. The lowest BCUT2D eigenvalue weighted by Crippen LogP contribution is -2.23. The number of ether oxygens (including phenoxy) is 1. The Balaban J connectivity index is 1.71. The Bertz CT molecular complexity index is 945. The highest BCUT2D eigenvalue weighted by molar-refractivity contribution is 7.99. The molecule has 4 nitrogen and oxygen atoms in total. The van der Waals surface area contributed by atoms with Crippen LogP contribution in [0.1, 0.15) is 19.3 Å². The SMILES string of the molecule is Cn1c(SC[C@@H]2CCCCO2)nc2cc3ccccc3cc2c1=O. The van der Waals surface area contributed by atoms with Gasteiger partial charge in [-0.25, -0.2) is 4.98 Å². The van der Waals surface area contributed by atoms with Gasteiger partial charge in [-0.1, -0.05) is 36.0 Å². The minimum atomic E-state index is 0.0119. The summed E-state index contributed by atoms with van der Waals surface area (Å²) in [5.74, 6) is 0.847. The van der Waals surface area contributed by atoms with Crippen molar-refractivity contribution in [1.29, 1.82) is 0 Å². The summed E-state index contributed by atoms with van der Waals surface area (Å²) in [7, 11) is 1.80. The first-order valence-electron chi connectivity index (χ1n) is 8.36. The standard InChI is InChI=1S/C19H20N2O2S/c1-21-18(22)16-10-13-6-2-3-7-14(13)11-17(16)20-19(21)24-12-15-8-4-5-9-23-15/h2-3,6-7,10-11,15H,4-5,8-9,12H2,1H3/t15-/m0/s1. The van der Waals surface area contributed by atoms with Gasteiger partial charge in [0.2, 0.25) is 0 Å². The second kappa shape index (κ2) is 6.57. The van der Waals surface area contributed by atoms with E-state index >= 15 is 0 Å². The first kappa shape index (κ1) is 15.7. The van der Waals surface area contributed by atoms with Crippen molar-refractivity contribution in [2.75, 3.05) is 12.4 Å². The zero-order chi connectivity index (χ0) is 16.5. The average molecular weight is 340 g/mol. The predicted octanol–water partition coefficient (Wildman–Crippen LogP) is 3.75. The molecule has 0 amide bonds. The molecule has 24 heavy (non-hydrogen) atoms. The third-order valence-corrected chi connectivity index (χ3v) is 5.74. The fraction of sp³-hybridized carbons (Fsp3) is 0.368. The van der Waals surface area contributed by atoms with Crippen LogP contribution in [0, 0.1) is 0 Å². The molecule has 2 aromatic carbocycles. The van der Waals surface area contributed by atoms with Crippen molar-refractivity contribution in [3.05, 3.63) is 46.8 Å². The van der Waals surface area contributed by atoms with Gasteiger partial charge in [-0.05, 0) is 42.2 Å². The second-order valence-corrected chi connectivity index (χ2v) is 7.26. The van der Waals surface area contributed by atoms with Gasteiger partial charge < -0.3 is 4.74 Å². The Kier molecular flexibility index (Phi) is 4.29. The summed E-state index contributed by atoms with van der Waals surface area (Å²) in [6.07, 6.45) is 3.74. The molecule has 124 valence electrons. The average Bonchev–Trinajstić information content (AvgIpc) is 2.63. The molecule has 0 saturated carbocycles. The predicted molar refractivity (Wildman–Crippen MR) is 98.8 cm³/mol. The van der Waals surface area contributed by atoms with E-state index in [0.29, 0.717) is 5.39 Å². The van der Waals surface area contributed by atoms with Crippen molar-refractivity contribution in [3.8, 4) is 0 Å². The van der Waals surface area contributed by atoms with Crippen LogP contribution in [0.5, 0.6) is 0 Å². The molecule has 1 saturated heterocycles. The van der Waals surface area contributed by atoms with E-state index < -0.39 is 0 Å². The Morgan fingerprint density at radius 1 is 1.25 bits per heavy atom. The van der Waals surface area contributed by atoms with Gasteiger partial charge in [0.1, 0.15) is 0 Å². The van der Waals surface area contributed by atoms with Gasteiger partial charge in [-0.2, -0.15) is 0 Å². The molecule has 1 atom stereocenters. The van der Waals surface area contributed by atoms with E-state index in [1.165, 1.54) is 6.42 Å². The molecule has 5 heteroatoms. The van der Waals surface area contributed by atoms with Crippen LogP contribution < -0.4 is 5.56 Å².